The summed E-state index contributed by atoms with van der Waals surface area (Å²) in [5.74, 6) is -0.199. The fourth-order valence-corrected chi connectivity index (χ4v) is 2.73. The number of oxazole rings is 1. The van der Waals surface area contributed by atoms with E-state index in [-0.39, 0.29) is 11.9 Å². The van der Waals surface area contributed by atoms with Crippen LogP contribution >= 0.6 is 0 Å². The minimum absolute atomic E-state index is 0.202. The van der Waals surface area contributed by atoms with Crippen LogP contribution in [0, 0.1) is 5.82 Å². The third-order valence-electron chi connectivity index (χ3n) is 4.19. The summed E-state index contributed by atoms with van der Waals surface area (Å²) < 4.78 is 19.6. The van der Waals surface area contributed by atoms with Crippen molar-refractivity contribution < 1.29 is 13.6 Å². The number of rotatable bonds is 3. The number of para-hydroxylation sites is 1. The van der Waals surface area contributed by atoms with Crippen molar-refractivity contribution in [2.45, 2.75) is 0 Å². The van der Waals surface area contributed by atoms with Crippen LogP contribution in [0.3, 0.4) is 0 Å². The molecule has 2 amide bonds. The van der Waals surface area contributed by atoms with Gasteiger partial charge in [0.2, 0.25) is 5.89 Å². The van der Waals surface area contributed by atoms with Crippen molar-refractivity contribution in [2.24, 2.45) is 0 Å². The van der Waals surface area contributed by atoms with Gasteiger partial charge >= 0.3 is 6.03 Å². The van der Waals surface area contributed by atoms with Gasteiger partial charge in [-0.1, -0.05) is 30.3 Å². The predicted octanol–water partition coefficient (Wildman–Crippen LogP) is 5.30. The average molecular weight is 361 g/mol. The second kappa shape index (κ2) is 6.92. The molecule has 4 rings (SSSR count). The minimum atomic E-state index is -0.401. The maximum atomic E-state index is 13.9. The number of fused-ring (bicyclic) bond motifs is 1. The molecule has 0 saturated carbocycles. The molecule has 6 heteroatoms. The van der Waals surface area contributed by atoms with E-state index >= 15 is 0 Å². The molecular formula is C21H16FN3O2. The Morgan fingerprint density at radius 2 is 1.78 bits per heavy atom. The molecule has 0 aliphatic carbocycles. The zero-order chi connectivity index (χ0) is 18.8. The second-order valence-electron chi connectivity index (χ2n) is 6.01. The SMILES string of the molecule is CN(C(=O)Nc1ccc2oc(-c3ccccc3F)nc2c1)c1ccccc1. The summed E-state index contributed by atoms with van der Waals surface area (Å²) in [6.45, 7) is 0. The van der Waals surface area contributed by atoms with Gasteiger partial charge in [-0.3, -0.25) is 4.90 Å². The lowest BCUT2D eigenvalue weighted by Gasteiger charge is -2.17. The first kappa shape index (κ1) is 16.8. The molecular weight excluding hydrogens is 345 g/mol. The van der Waals surface area contributed by atoms with Crippen LogP contribution in [-0.4, -0.2) is 18.1 Å². The molecule has 134 valence electrons. The van der Waals surface area contributed by atoms with E-state index in [2.05, 4.69) is 10.3 Å². The van der Waals surface area contributed by atoms with E-state index in [9.17, 15) is 9.18 Å². The Labute approximate surface area is 155 Å². The lowest BCUT2D eigenvalue weighted by molar-refractivity contribution is 0.258. The van der Waals surface area contributed by atoms with Gasteiger partial charge < -0.3 is 9.73 Å². The molecule has 0 aliphatic heterocycles. The predicted molar refractivity (Wildman–Crippen MR) is 103 cm³/mol. The van der Waals surface area contributed by atoms with Crippen molar-refractivity contribution in [3.05, 3.63) is 78.6 Å². The Balaban J connectivity index is 1.59. The van der Waals surface area contributed by atoms with E-state index in [1.165, 1.54) is 11.0 Å². The van der Waals surface area contributed by atoms with Crippen LogP contribution in [0.1, 0.15) is 0 Å². The number of aromatic nitrogens is 1. The van der Waals surface area contributed by atoms with Gasteiger partial charge in [-0.05, 0) is 42.5 Å². The molecule has 1 N–H and O–H groups in total. The summed E-state index contributed by atoms with van der Waals surface area (Å²) in [4.78, 5) is 18.3. The third-order valence-corrected chi connectivity index (χ3v) is 4.19. The van der Waals surface area contributed by atoms with E-state index in [1.54, 1.807) is 43.4 Å². The monoisotopic (exact) mass is 361 g/mol. The summed E-state index contributed by atoms with van der Waals surface area (Å²) in [7, 11) is 1.69. The van der Waals surface area contributed by atoms with Gasteiger partial charge in [0.05, 0.1) is 5.56 Å². The molecule has 4 aromatic rings. The molecule has 3 aromatic carbocycles. The van der Waals surface area contributed by atoms with Gasteiger partial charge in [-0.15, -0.1) is 0 Å². The summed E-state index contributed by atoms with van der Waals surface area (Å²) in [6.07, 6.45) is 0. The first-order valence-corrected chi connectivity index (χ1v) is 8.37. The van der Waals surface area contributed by atoms with Crippen LogP contribution in [0.2, 0.25) is 0 Å². The van der Waals surface area contributed by atoms with Crippen LogP contribution in [0.25, 0.3) is 22.6 Å². The Morgan fingerprint density at radius 3 is 2.56 bits per heavy atom. The van der Waals surface area contributed by atoms with Crippen molar-refractivity contribution in [2.75, 3.05) is 17.3 Å². The Bertz CT molecular complexity index is 1110. The highest BCUT2D eigenvalue weighted by Crippen LogP contribution is 2.28. The molecule has 0 radical (unpaired) electrons. The fraction of sp³-hybridized carbons (Fsp3) is 0.0476. The van der Waals surface area contributed by atoms with E-state index in [0.29, 0.717) is 22.4 Å². The number of carbonyl (C=O) groups excluding carboxylic acids is 1. The number of carbonyl (C=O) groups is 1. The van der Waals surface area contributed by atoms with E-state index < -0.39 is 5.82 Å². The number of hydrogen-bond donors (Lipinski definition) is 1. The Kier molecular flexibility index (Phi) is 4.30. The Hall–Kier alpha value is -3.67. The normalized spacial score (nSPS) is 10.7. The van der Waals surface area contributed by atoms with Gasteiger partial charge in [0.25, 0.3) is 0 Å². The minimum Gasteiger partial charge on any atom is -0.436 e. The number of hydrogen-bond acceptors (Lipinski definition) is 3. The maximum Gasteiger partial charge on any atom is 0.326 e. The highest BCUT2D eigenvalue weighted by molar-refractivity contribution is 6.02. The lowest BCUT2D eigenvalue weighted by Crippen LogP contribution is -2.31. The molecule has 0 bridgehead atoms. The van der Waals surface area contributed by atoms with Gasteiger partial charge in [0, 0.05) is 18.4 Å². The topological polar surface area (TPSA) is 58.4 Å². The number of benzene rings is 3. The molecule has 27 heavy (non-hydrogen) atoms. The molecule has 0 fully saturated rings. The molecule has 0 aliphatic rings. The van der Waals surface area contributed by atoms with Crippen LogP contribution in [0.15, 0.2) is 77.2 Å². The van der Waals surface area contributed by atoms with Gasteiger partial charge in [-0.25, -0.2) is 14.2 Å². The largest absolute Gasteiger partial charge is 0.436 e. The van der Waals surface area contributed by atoms with Gasteiger partial charge in [0.15, 0.2) is 5.58 Å². The van der Waals surface area contributed by atoms with Crippen LogP contribution < -0.4 is 10.2 Å². The summed E-state index contributed by atoms with van der Waals surface area (Å²) in [5, 5.41) is 2.82. The lowest BCUT2D eigenvalue weighted by atomic mass is 10.2. The van der Waals surface area contributed by atoms with Gasteiger partial charge in [-0.2, -0.15) is 0 Å². The maximum absolute atomic E-state index is 13.9. The van der Waals surface area contributed by atoms with Crippen molar-refractivity contribution in [3.8, 4) is 11.5 Å². The van der Waals surface area contributed by atoms with Crippen LogP contribution in [0.5, 0.6) is 0 Å². The zero-order valence-electron chi connectivity index (χ0n) is 14.5. The summed E-state index contributed by atoms with van der Waals surface area (Å²) in [5.41, 5.74) is 2.70. The molecule has 0 atom stereocenters. The van der Waals surface area contributed by atoms with Crippen molar-refractivity contribution >= 4 is 28.5 Å². The number of urea groups is 1. The van der Waals surface area contributed by atoms with Gasteiger partial charge in [0.1, 0.15) is 11.3 Å². The smallest absolute Gasteiger partial charge is 0.326 e. The second-order valence-corrected chi connectivity index (χ2v) is 6.01. The molecule has 0 unspecified atom stereocenters. The standard InChI is InChI=1S/C21H16FN3O2/c1-25(15-7-3-2-4-8-15)21(26)23-14-11-12-19-18(13-14)24-20(27-19)16-9-5-6-10-17(16)22/h2-13H,1H3,(H,23,26). The van der Waals surface area contributed by atoms with E-state index in [1.807, 2.05) is 30.3 Å². The molecule has 0 saturated heterocycles. The van der Waals surface area contributed by atoms with Crippen molar-refractivity contribution in [1.29, 1.82) is 0 Å². The first-order valence-electron chi connectivity index (χ1n) is 8.37. The average Bonchev–Trinajstić information content (AvgIpc) is 3.11. The highest BCUT2D eigenvalue weighted by Gasteiger charge is 2.14. The van der Waals surface area contributed by atoms with Crippen molar-refractivity contribution in [3.63, 3.8) is 0 Å². The quantitative estimate of drug-likeness (QED) is 0.538. The zero-order valence-corrected chi connectivity index (χ0v) is 14.5. The molecule has 1 heterocycles. The van der Waals surface area contributed by atoms with Crippen LogP contribution in [-0.2, 0) is 0 Å². The van der Waals surface area contributed by atoms with E-state index in [4.69, 9.17) is 4.42 Å². The number of anilines is 2. The number of halogens is 1. The molecule has 0 spiro atoms. The Morgan fingerprint density at radius 1 is 1.04 bits per heavy atom. The third kappa shape index (κ3) is 3.37. The summed E-state index contributed by atoms with van der Waals surface area (Å²) in [6, 6.07) is 20.4. The molecule has 1 aromatic heterocycles. The number of nitrogens with one attached hydrogen (secondary N) is 1. The van der Waals surface area contributed by atoms with Crippen molar-refractivity contribution in [1.82, 2.24) is 4.98 Å². The van der Waals surface area contributed by atoms with E-state index in [0.717, 1.165) is 5.69 Å². The fourth-order valence-electron chi connectivity index (χ4n) is 2.73. The molecule has 5 nitrogen and oxygen atoms in total. The summed E-state index contributed by atoms with van der Waals surface area (Å²) >= 11 is 0. The number of amides is 2. The highest BCUT2D eigenvalue weighted by atomic mass is 19.1. The first-order chi connectivity index (χ1) is 13.1. The van der Waals surface area contributed by atoms with Crippen LogP contribution in [0.4, 0.5) is 20.6 Å². The number of nitrogens with zero attached hydrogens (tertiary/aromatic N) is 2.